The number of hydrogen-bond acceptors (Lipinski definition) is 3. The lowest BCUT2D eigenvalue weighted by Gasteiger charge is -2.31. The van der Waals surface area contributed by atoms with Gasteiger partial charge in [-0.2, -0.15) is 0 Å². The Labute approximate surface area is 173 Å². The molecule has 0 bridgehead atoms. The Morgan fingerprint density at radius 3 is 1.93 bits per heavy atom. The number of hydrogen-bond donors (Lipinski definition) is 0. The third-order valence-corrected chi connectivity index (χ3v) is 6.34. The van der Waals surface area contributed by atoms with Gasteiger partial charge < -0.3 is 4.55 Å². The van der Waals surface area contributed by atoms with Crippen LogP contribution < -0.4 is 4.48 Å². The van der Waals surface area contributed by atoms with Crippen molar-refractivity contribution < 1.29 is 13.0 Å². The number of aryl methyl sites for hydroxylation is 1. The zero-order valence-corrected chi connectivity index (χ0v) is 19.1. The van der Waals surface area contributed by atoms with Crippen molar-refractivity contribution >= 4 is 15.8 Å². The Hall–Kier alpha value is -0.910. The molecule has 5 heteroatoms. The van der Waals surface area contributed by atoms with Gasteiger partial charge in [-0.25, -0.2) is 8.42 Å². The quantitative estimate of drug-likeness (QED) is 0.200. The third-order valence-electron chi connectivity index (χ3n) is 5.55. The fraction of sp³-hybridized carbons (Fsp3) is 0.739. The fourth-order valence-electron chi connectivity index (χ4n) is 3.87. The van der Waals surface area contributed by atoms with Crippen LogP contribution in [-0.2, 0) is 16.5 Å². The first-order chi connectivity index (χ1) is 13.3. The molecule has 0 saturated carbocycles. The first kappa shape index (κ1) is 25.1. The molecular formula is C23H41NO3S. The van der Waals surface area contributed by atoms with E-state index < -0.39 is 10.1 Å². The van der Waals surface area contributed by atoms with Crippen LogP contribution >= 0.6 is 0 Å². The molecule has 0 saturated heterocycles. The molecule has 1 rings (SSSR count). The lowest BCUT2D eigenvalue weighted by molar-refractivity contribution is 0.390. The SMILES string of the molecule is CCCCCCCCCCCCc1ccccc1[N+](C)(C)CCCS(=O)(=O)[O-]. The van der Waals surface area contributed by atoms with E-state index in [2.05, 4.69) is 39.2 Å². The van der Waals surface area contributed by atoms with E-state index >= 15 is 0 Å². The number of rotatable bonds is 16. The van der Waals surface area contributed by atoms with Crippen molar-refractivity contribution in [2.45, 2.75) is 84.0 Å². The van der Waals surface area contributed by atoms with E-state index in [-0.39, 0.29) is 5.75 Å². The van der Waals surface area contributed by atoms with E-state index in [1.807, 2.05) is 6.07 Å². The minimum Gasteiger partial charge on any atom is -0.748 e. The van der Waals surface area contributed by atoms with Crippen molar-refractivity contribution in [3.8, 4) is 0 Å². The predicted molar refractivity (Wildman–Crippen MR) is 120 cm³/mol. The number of benzene rings is 1. The summed E-state index contributed by atoms with van der Waals surface area (Å²) in [4.78, 5) is 0. The third kappa shape index (κ3) is 11.2. The van der Waals surface area contributed by atoms with Crippen molar-refractivity contribution in [3.63, 3.8) is 0 Å². The zero-order valence-electron chi connectivity index (χ0n) is 18.3. The van der Waals surface area contributed by atoms with Gasteiger partial charge in [0.25, 0.3) is 0 Å². The molecule has 0 aromatic heterocycles. The Bertz CT molecular complexity index is 641. The molecule has 0 atom stereocenters. The van der Waals surface area contributed by atoms with Gasteiger partial charge in [-0.15, -0.1) is 0 Å². The molecule has 4 nitrogen and oxygen atoms in total. The van der Waals surface area contributed by atoms with Gasteiger partial charge in [-0.1, -0.05) is 82.9 Å². The highest BCUT2D eigenvalue weighted by Gasteiger charge is 2.22. The van der Waals surface area contributed by atoms with Crippen molar-refractivity contribution in [2.75, 3.05) is 26.4 Å². The molecule has 28 heavy (non-hydrogen) atoms. The maximum absolute atomic E-state index is 10.9. The van der Waals surface area contributed by atoms with Crippen molar-refractivity contribution in [1.82, 2.24) is 4.48 Å². The average Bonchev–Trinajstić information content (AvgIpc) is 2.62. The number of quaternary nitrogens is 1. The highest BCUT2D eigenvalue weighted by Crippen LogP contribution is 2.26. The summed E-state index contributed by atoms with van der Waals surface area (Å²) in [6, 6.07) is 8.45. The Kier molecular flexibility index (Phi) is 12.0. The van der Waals surface area contributed by atoms with Crippen LogP contribution in [0.15, 0.2) is 24.3 Å². The van der Waals surface area contributed by atoms with Gasteiger partial charge in [-0.3, -0.25) is 4.48 Å². The van der Waals surface area contributed by atoms with Crippen LogP contribution in [0.1, 0.15) is 83.1 Å². The van der Waals surface area contributed by atoms with Crippen LogP contribution in [0.5, 0.6) is 0 Å². The van der Waals surface area contributed by atoms with Crippen molar-refractivity contribution in [2.24, 2.45) is 0 Å². The van der Waals surface area contributed by atoms with Crippen LogP contribution in [0.3, 0.4) is 0 Å². The first-order valence-electron chi connectivity index (χ1n) is 11.1. The van der Waals surface area contributed by atoms with Crippen LogP contribution in [0, 0.1) is 0 Å². The summed E-state index contributed by atoms with van der Waals surface area (Å²) < 4.78 is 33.2. The summed E-state index contributed by atoms with van der Waals surface area (Å²) in [6.45, 7) is 2.91. The normalized spacial score (nSPS) is 12.4. The molecule has 1 aromatic rings. The molecule has 0 amide bonds. The smallest absolute Gasteiger partial charge is 0.135 e. The summed E-state index contributed by atoms with van der Waals surface area (Å²) >= 11 is 0. The standard InChI is InChI=1S/C23H41NO3S/c1-4-5-6-7-8-9-10-11-12-13-17-22-18-14-15-19-23(22)24(2,3)20-16-21-28(25,26)27/h14-15,18-19H,4-13,16-17,20-21H2,1-3H3. The second kappa shape index (κ2) is 13.3. The number of nitrogens with zero attached hydrogens (tertiary/aromatic N) is 1. The highest BCUT2D eigenvalue weighted by atomic mass is 32.2. The van der Waals surface area contributed by atoms with Crippen LogP contribution in [0.25, 0.3) is 0 Å². The summed E-state index contributed by atoms with van der Waals surface area (Å²) in [6.07, 6.45) is 14.8. The van der Waals surface area contributed by atoms with Gasteiger partial charge in [0.15, 0.2) is 0 Å². The second-order valence-electron chi connectivity index (χ2n) is 8.58. The average molecular weight is 412 g/mol. The second-order valence-corrected chi connectivity index (χ2v) is 10.1. The fourth-order valence-corrected chi connectivity index (χ4v) is 4.36. The molecule has 0 spiro atoms. The lowest BCUT2D eigenvalue weighted by atomic mass is 10.0. The van der Waals surface area contributed by atoms with Crippen molar-refractivity contribution in [3.05, 3.63) is 29.8 Å². The molecule has 0 aliphatic heterocycles. The number of unbranched alkanes of at least 4 members (excludes halogenated alkanes) is 9. The molecule has 0 aliphatic rings. The molecule has 162 valence electrons. The van der Waals surface area contributed by atoms with Crippen LogP contribution in [0.2, 0.25) is 0 Å². The molecule has 0 heterocycles. The summed E-state index contributed by atoms with van der Waals surface area (Å²) in [7, 11) is 0.0530. The maximum atomic E-state index is 10.9. The summed E-state index contributed by atoms with van der Waals surface area (Å²) in [5.74, 6) is -0.282. The number of para-hydroxylation sites is 1. The van der Waals surface area contributed by atoms with E-state index in [1.165, 1.54) is 75.5 Å². The molecule has 1 aromatic carbocycles. The Morgan fingerprint density at radius 2 is 1.36 bits per heavy atom. The molecular weight excluding hydrogens is 370 g/mol. The zero-order chi connectivity index (χ0) is 20.9. The Morgan fingerprint density at radius 1 is 0.821 bits per heavy atom. The molecule has 0 fully saturated rings. The van der Waals surface area contributed by atoms with E-state index in [0.717, 1.165) is 6.42 Å². The minimum absolute atomic E-state index is 0.282. The van der Waals surface area contributed by atoms with Gasteiger partial charge in [0.2, 0.25) is 0 Å². The monoisotopic (exact) mass is 411 g/mol. The van der Waals surface area contributed by atoms with E-state index in [1.54, 1.807) is 0 Å². The molecule has 0 radical (unpaired) electrons. The molecule has 0 aliphatic carbocycles. The largest absolute Gasteiger partial charge is 0.748 e. The topological polar surface area (TPSA) is 57.2 Å². The minimum atomic E-state index is -4.13. The van der Waals surface area contributed by atoms with E-state index in [9.17, 15) is 13.0 Å². The van der Waals surface area contributed by atoms with E-state index in [0.29, 0.717) is 17.4 Å². The van der Waals surface area contributed by atoms with E-state index in [4.69, 9.17) is 0 Å². The van der Waals surface area contributed by atoms with Gasteiger partial charge >= 0.3 is 0 Å². The lowest BCUT2D eigenvalue weighted by Crippen LogP contribution is -2.42. The predicted octanol–water partition coefficient (Wildman–Crippen LogP) is 5.65. The van der Waals surface area contributed by atoms with Gasteiger partial charge in [0.1, 0.15) is 5.69 Å². The van der Waals surface area contributed by atoms with Crippen LogP contribution in [-0.4, -0.2) is 39.4 Å². The Balaban J connectivity index is 2.36. The van der Waals surface area contributed by atoms with Crippen LogP contribution in [0.4, 0.5) is 5.69 Å². The summed E-state index contributed by atoms with van der Waals surface area (Å²) in [5.41, 5.74) is 2.58. The van der Waals surface area contributed by atoms with Gasteiger partial charge in [0, 0.05) is 17.7 Å². The highest BCUT2D eigenvalue weighted by molar-refractivity contribution is 7.85. The molecule has 0 unspecified atom stereocenters. The van der Waals surface area contributed by atoms with Gasteiger partial charge in [-0.05, 0) is 18.9 Å². The first-order valence-corrected chi connectivity index (χ1v) is 12.7. The maximum Gasteiger partial charge on any atom is 0.135 e. The van der Waals surface area contributed by atoms with Crippen molar-refractivity contribution in [1.29, 1.82) is 0 Å². The summed E-state index contributed by atoms with van der Waals surface area (Å²) in [5, 5.41) is 0. The molecule has 0 N–H and O–H groups in total. The van der Waals surface area contributed by atoms with Gasteiger partial charge in [0.05, 0.1) is 30.8 Å².